The van der Waals surface area contributed by atoms with E-state index >= 15 is 0 Å². The van der Waals surface area contributed by atoms with Crippen LogP contribution in [-0.4, -0.2) is 0 Å². The van der Waals surface area contributed by atoms with E-state index in [1.54, 1.807) is 0 Å². The Morgan fingerprint density at radius 3 is 1.71 bits per heavy atom. The van der Waals surface area contributed by atoms with Gasteiger partial charge in [-0.15, -0.1) is 0 Å². The third-order valence-corrected chi connectivity index (χ3v) is 9.42. The first-order valence-electron chi connectivity index (χ1n) is 9.41. The highest BCUT2D eigenvalue weighted by molar-refractivity contribution is 5.25. The summed E-state index contributed by atoms with van der Waals surface area (Å²) in [5.74, 6) is 1.79. The molecule has 6 atom stereocenters. The van der Waals surface area contributed by atoms with Gasteiger partial charge in [-0.2, -0.15) is 0 Å². The molecule has 4 rings (SSSR count). The molecule has 0 aromatic heterocycles. The molecule has 4 saturated carbocycles. The van der Waals surface area contributed by atoms with Crippen LogP contribution in [0.25, 0.3) is 0 Å². The Morgan fingerprint density at radius 2 is 1.19 bits per heavy atom. The fourth-order valence-electron chi connectivity index (χ4n) is 8.28. The first-order valence-corrected chi connectivity index (χ1v) is 9.41. The molecule has 0 aromatic rings. The number of rotatable bonds is 0. The van der Waals surface area contributed by atoms with Gasteiger partial charge in [0, 0.05) is 0 Å². The molecule has 0 radical (unpaired) electrons. The molecule has 0 amide bonds. The predicted molar refractivity (Wildman–Crippen MR) is 92.2 cm³/mol. The Kier molecular flexibility index (Phi) is 3.09. The van der Waals surface area contributed by atoms with Crippen molar-refractivity contribution in [3.05, 3.63) is 0 Å². The Labute approximate surface area is 133 Å². The summed E-state index contributed by atoms with van der Waals surface area (Å²) in [7, 11) is 0. The van der Waals surface area contributed by atoms with Crippen molar-refractivity contribution >= 4 is 0 Å². The van der Waals surface area contributed by atoms with Crippen LogP contribution >= 0.6 is 0 Å². The molecule has 4 fully saturated rings. The van der Waals surface area contributed by atoms with E-state index in [0.717, 1.165) is 11.8 Å². The van der Waals surface area contributed by atoms with Crippen LogP contribution < -0.4 is 0 Å². The van der Waals surface area contributed by atoms with E-state index in [0.29, 0.717) is 27.1 Å². The van der Waals surface area contributed by atoms with Crippen LogP contribution in [0, 0.1) is 38.9 Å². The van der Waals surface area contributed by atoms with Gasteiger partial charge in [-0.3, -0.25) is 0 Å². The third kappa shape index (κ3) is 1.63. The van der Waals surface area contributed by atoms with Gasteiger partial charge in [-0.25, -0.2) is 0 Å². The molecule has 0 heterocycles. The predicted octanol–water partition coefficient (Wildman–Crippen LogP) is 6.69. The Morgan fingerprint density at radius 1 is 0.714 bits per heavy atom. The number of fused-ring (bicyclic) bond motifs is 5. The van der Waals surface area contributed by atoms with Gasteiger partial charge in [-0.1, -0.05) is 55.4 Å². The van der Waals surface area contributed by atoms with Gasteiger partial charge in [0.15, 0.2) is 0 Å². The second-order valence-electron chi connectivity index (χ2n) is 11.0. The van der Waals surface area contributed by atoms with Gasteiger partial charge < -0.3 is 0 Å². The topological polar surface area (TPSA) is 0 Å². The maximum Gasteiger partial charge on any atom is -0.0161 e. The zero-order chi connectivity index (χ0) is 15.9. The Bertz CT molecular complexity index is 449. The molecule has 6 unspecified atom stereocenters. The largest absolute Gasteiger partial charge is 0.0625 e. The minimum atomic E-state index is 0.498. The van der Waals surface area contributed by atoms with Crippen LogP contribution in [-0.2, 0) is 0 Å². The van der Waals surface area contributed by atoms with E-state index in [1.807, 2.05) is 0 Å². The van der Waals surface area contributed by atoms with E-state index in [-0.39, 0.29) is 0 Å². The molecule has 0 heteroatoms. The molecule has 0 nitrogen and oxygen atoms in total. The summed E-state index contributed by atoms with van der Waals surface area (Å²) in [6.45, 7) is 20.8. The minimum Gasteiger partial charge on any atom is -0.0625 e. The quantitative estimate of drug-likeness (QED) is 0.466. The lowest BCUT2D eigenvalue weighted by molar-refractivity contribution is -0.326. The molecule has 4 aliphatic rings. The van der Waals surface area contributed by atoms with Crippen molar-refractivity contribution in [1.82, 2.24) is 0 Å². The van der Waals surface area contributed by atoms with Crippen LogP contribution in [0.1, 0.15) is 93.9 Å². The molecule has 4 aliphatic carbocycles. The summed E-state index contributed by atoms with van der Waals surface area (Å²) in [6, 6.07) is 0. The zero-order valence-corrected chi connectivity index (χ0v) is 15.9. The van der Waals surface area contributed by atoms with Crippen LogP contribution in [0.15, 0.2) is 0 Å². The van der Waals surface area contributed by atoms with Gasteiger partial charge in [-0.05, 0) is 77.4 Å². The molecule has 0 aliphatic heterocycles. The fourth-order valence-corrected chi connectivity index (χ4v) is 8.28. The summed E-state index contributed by atoms with van der Waals surface area (Å²) >= 11 is 0. The van der Waals surface area contributed by atoms with Crippen molar-refractivity contribution in [3.8, 4) is 0 Å². The standard InChI is InChI=1S/C21H38/c1-15-11-16(2)13-19(6)10-9-18(5,12-15)20(7)14-17(3,4)21(19,20)8/h15-16H,9-14H2,1-8H3. The van der Waals surface area contributed by atoms with Crippen LogP contribution in [0.4, 0.5) is 0 Å². The van der Waals surface area contributed by atoms with Crippen LogP contribution in [0.2, 0.25) is 0 Å². The molecule has 0 saturated heterocycles. The molecule has 0 spiro atoms. The lowest BCUT2D eigenvalue weighted by Gasteiger charge is -2.81. The SMILES string of the molecule is CC1CC(C)CC2(C)CCC(C)(C1)C1(C)CC(C)(C)C21C. The maximum atomic E-state index is 2.68. The Balaban J connectivity index is 2.17. The number of hydrogen-bond donors (Lipinski definition) is 0. The van der Waals surface area contributed by atoms with Gasteiger partial charge in [0.1, 0.15) is 0 Å². The molecule has 21 heavy (non-hydrogen) atoms. The van der Waals surface area contributed by atoms with E-state index in [9.17, 15) is 0 Å². The van der Waals surface area contributed by atoms with Gasteiger partial charge in [0.2, 0.25) is 0 Å². The van der Waals surface area contributed by atoms with Crippen molar-refractivity contribution in [2.75, 3.05) is 0 Å². The van der Waals surface area contributed by atoms with Crippen molar-refractivity contribution < 1.29 is 0 Å². The normalized spacial score (nSPS) is 59.4. The molecular weight excluding hydrogens is 252 g/mol. The van der Waals surface area contributed by atoms with Gasteiger partial charge in [0.05, 0.1) is 0 Å². The van der Waals surface area contributed by atoms with E-state index in [2.05, 4.69) is 55.4 Å². The highest BCUT2D eigenvalue weighted by atomic mass is 14.8. The second kappa shape index (κ2) is 4.09. The summed E-state index contributed by atoms with van der Waals surface area (Å²) in [5, 5.41) is 0. The first-order chi connectivity index (χ1) is 9.41. The van der Waals surface area contributed by atoms with E-state index in [4.69, 9.17) is 0 Å². The van der Waals surface area contributed by atoms with E-state index in [1.165, 1.54) is 38.5 Å². The van der Waals surface area contributed by atoms with Crippen molar-refractivity contribution in [3.63, 3.8) is 0 Å². The zero-order valence-electron chi connectivity index (χ0n) is 15.9. The summed E-state index contributed by atoms with van der Waals surface area (Å²) in [4.78, 5) is 0. The van der Waals surface area contributed by atoms with Gasteiger partial charge in [0.25, 0.3) is 0 Å². The molecular formula is C21H38. The van der Waals surface area contributed by atoms with E-state index < -0.39 is 0 Å². The fraction of sp³-hybridized carbons (Fsp3) is 1.00. The highest BCUT2D eigenvalue weighted by Crippen LogP contribution is 2.84. The summed E-state index contributed by atoms with van der Waals surface area (Å²) in [6.07, 6.45) is 8.69. The van der Waals surface area contributed by atoms with Crippen LogP contribution in [0.5, 0.6) is 0 Å². The molecule has 0 aromatic carbocycles. The smallest absolute Gasteiger partial charge is 0.0161 e. The average molecular weight is 291 g/mol. The molecule has 122 valence electrons. The monoisotopic (exact) mass is 290 g/mol. The maximum absolute atomic E-state index is 2.68. The molecule has 0 N–H and O–H groups in total. The average Bonchev–Trinajstić information content (AvgIpc) is 2.36. The highest BCUT2D eigenvalue weighted by Gasteiger charge is 2.77. The Hall–Kier alpha value is 0. The van der Waals surface area contributed by atoms with Crippen LogP contribution in [0.3, 0.4) is 0 Å². The van der Waals surface area contributed by atoms with Crippen molar-refractivity contribution in [2.45, 2.75) is 93.9 Å². The second-order valence-corrected chi connectivity index (χ2v) is 11.0. The lowest BCUT2D eigenvalue weighted by atomic mass is 9.23. The number of hydrogen-bond acceptors (Lipinski definition) is 0. The van der Waals surface area contributed by atoms with Crippen molar-refractivity contribution in [2.24, 2.45) is 38.9 Å². The van der Waals surface area contributed by atoms with Gasteiger partial charge >= 0.3 is 0 Å². The summed E-state index contributed by atoms with van der Waals surface area (Å²) in [5.41, 5.74) is 2.63. The van der Waals surface area contributed by atoms with Crippen molar-refractivity contribution in [1.29, 1.82) is 0 Å². The summed E-state index contributed by atoms with van der Waals surface area (Å²) < 4.78 is 0. The first kappa shape index (κ1) is 15.9. The lowest BCUT2D eigenvalue weighted by Crippen LogP contribution is -2.74. The third-order valence-electron chi connectivity index (χ3n) is 9.42. The molecule has 2 bridgehead atoms. The minimum absolute atomic E-state index is 0.498.